The van der Waals surface area contributed by atoms with Crippen molar-refractivity contribution in [3.05, 3.63) is 126 Å². The van der Waals surface area contributed by atoms with Crippen molar-refractivity contribution in [3.63, 3.8) is 0 Å². The van der Waals surface area contributed by atoms with Crippen LogP contribution in [-0.2, 0) is 0 Å². The van der Waals surface area contributed by atoms with Crippen LogP contribution in [-0.4, -0.2) is 18.7 Å². The minimum Gasteiger partial charge on any atom is -0.378 e. The van der Waals surface area contributed by atoms with Crippen LogP contribution in [0.5, 0.6) is 0 Å². The number of hydrogen-bond acceptors (Lipinski definition) is 4. The number of rotatable bonds is 4. The van der Waals surface area contributed by atoms with Crippen LogP contribution >= 0.6 is 27.3 Å². The Morgan fingerprint density at radius 2 is 1.67 bits per heavy atom. The van der Waals surface area contributed by atoms with E-state index < -0.39 is 0 Å². The number of anilines is 1. The van der Waals surface area contributed by atoms with E-state index >= 15 is 0 Å². The molecule has 1 aliphatic heterocycles. The van der Waals surface area contributed by atoms with Gasteiger partial charge in [-0.05, 0) is 53.1 Å². The van der Waals surface area contributed by atoms with Crippen LogP contribution in [0.15, 0.2) is 99.2 Å². The second-order valence-electron chi connectivity index (χ2n) is 8.08. The molecule has 3 aromatic carbocycles. The fraction of sp³-hybridized carbons (Fsp3) is 0.111. The summed E-state index contributed by atoms with van der Waals surface area (Å²) in [4.78, 5) is 21.2. The zero-order chi connectivity index (χ0) is 22.9. The van der Waals surface area contributed by atoms with Crippen LogP contribution in [0.25, 0.3) is 11.8 Å². The second-order valence-corrected chi connectivity index (χ2v) is 10.0. The molecule has 0 bridgehead atoms. The number of nitrogens with zero attached hydrogens (tertiary/aromatic N) is 3. The smallest absolute Gasteiger partial charge is 0.271 e. The first-order chi connectivity index (χ1) is 16.0. The summed E-state index contributed by atoms with van der Waals surface area (Å²) in [6, 6.07) is 26.2. The molecule has 1 unspecified atom stereocenters. The normalized spacial score (nSPS) is 15.5. The lowest BCUT2D eigenvalue weighted by atomic mass is 10.0. The Hall–Kier alpha value is -3.22. The van der Waals surface area contributed by atoms with Gasteiger partial charge in [0.05, 0.1) is 16.3 Å². The summed E-state index contributed by atoms with van der Waals surface area (Å²) >= 11 is 4.95. The average Bonchev–Trinajstić information content (AvgIpc) is 3.15. The average molecular weight is 516 g/mol. The van der Waals surface area contributed by atoms with E-state index in [9.17, 15) is 4.79 Å². The summed E-state index contributed by atoms with van der Waals surface area (Å²) in [6.07, 6.45) is 4.03. The van der Waals surface area contributed by atoms with E-state index in [1.165, 1.54) is 11.3 Å². The molecule has 0 spiro atoms. The Morgan fingerprint density at radius 1 is 0.970 bits per heavy atom. The lowest BCUT2D eigenvalue weighted by molar-refractivity contribution is 0.644. The zero-order valence-corrected chi connectivity index (χ0v) is 20.7. The molecule has 0 radical (unpaired) electrons. The molecule has 0 fully saturated rings. The first kappa shape index (κ1) is 21.6. The third-order valence-electron chi connectivity index (χ3n) is 5.64. The van der Waals surface area contributed by atoms with E-state index in [4.69, 9.17) is 4.99 Å². The van der Waals surface area contributed by atoms with Gasteiger partial charge in [-0.25, -0.2) is 4.99 Å². The van der Waals surface area contributed by atoms with E-state index in [-0.39, 0.29) is 11.6 Å². The lowest BCUT2D eigenvalue weighted by Crippen LogP contribution is -2.36. The number of aromatic nitrogens is 1. The van der Waals surface area contributed by atoms with Gasteiger partial charge >= 0.3 is 0 Å². The molecular formula is C27H22BrN3OS. The predicted octanol–water partition coefficient (Wildman–Crippen LogP) is 4.83. The van der Waals surface area contributed by atoms with Gasteiger partial charge in [0.15, 0.2) is 4.80 Å². The van der Waals surface area contributed by atoms with Gasteiger partial charge in [0, 0.05) is 24.3 Å². The van der Waals surface area contributed by atoms with Crippen LogP contribution in [0.4, 0.5) is 5.69 Å². The Morgan fingerprint density at radius 3 is 2.33 bits per heavy atom. The maximum atomic E-state index is 13.5. The fourth-order valence-corrected chi connectivity index (χ4v) is 5.15. The standard InChI is InChI=1S/C27H22BrN3OS/c1-30(2)22-14-8-18(9-15-22)16-25-26(32)31-24(20-10-12-21(28)13-11-20)17-23(29-27(31)33-25)19-6-4-3-5-7-19/h3-17,24H,1-2H3. The molecule has 0 saturated carbocycles. The summed E-state index contributed by atoms with van der Waals surface area (Å²) in [6.45, 7) is 0. The largest absolute Gasteiger partial charge is 0.378 e. The SMILES string of the molecule is CN(C)c1ccc(C=c2sc3n(c2=O)C(c2ccc(Br)cc2)C=C(c2ccccc2)N=3)cc1. The molecule has 6 heteroatoms. The van der Waals surface area contributed by atoms with E-state index in [2.05, 4.69) is 63.3 Å². The first-order valence-corrected chi connectivity index (χ1v) is 12.2. The number of hydrogen-bond donors (Lipinski definition) is 0. The molecular weight excluding hydrogens is 494 g/mol. The molecule has 164 valence electrons. The van der Waals surface area contributed by atoms with Crippen LogP contribution in [0, 0.1) is 0 Å². The Bertz CT molecular complexity index is 1500. The summed E-state index contributed by atoms with van der Waals surface area (Å²) in [7, 11) is 4.03. The molecule has 33 heavy (non-hydrogen) atoms. The van der Waals surface area contributed by atoms with E-state index in [1.807, 2.05) is 62.6 Å². The number of allylic oxidation sites excluding steroid dienone is 1. The van der Waals surface area contributed by atoms with Crippen LogP contribution < -0.4 is 19.8 Å². The number of thiazole rings is 1. The molecule has 1 aliphatic rings. The van der Waals surface area contributed by atoms with E-state index in [0.717, 1.165) is 32.5 Å². The maximum absolute atomic E-state index is 13.5. The van der Waals surface area contributed by atoms with Gasteiger partial charge in [0.1, 0.15) is 0 Å². The van der Waals surface area contributed by atoms with Gasteiger partial charge in [-0.1, -0.05) is 81.9 Å². The molecule has 0 aliphatic carbocycles. The summed E-state index contributed by atoms with van der Waals surface area (Å²) in [5.41, 5.74) is 5.06. The van der Waals surface area contributed by atoms with Crippen molar-refractivity contribution < 1.29 is 0 Å². The van der Waals surface area contributed by atoms with E-state index in [0.29, 0.717) is 9.33 Å². The number of halogens is 1. The fourth-order valence-electron chi connectivity index (χ4n) is 3.87. The van der Waals surface area contributed by atoms with Crippen LogP contribution in [0.2, 0.25) is 0 Å². The van der Waals surface area contributed by atoms with Crippen molar-refractivity contribution in [2.45, 2.75) is 6.04 Å². The van der Waals surface area contributed by atoms with Crippen molar-refractivity contribution in [2.24, 2.45) is 4.99 Å². The summed E-state index contributed by atoms with van der Waals surface area (Å²) in [5.74, 6) is 0. The Kier molecular flexibility index (Phi) is 5.87. The molecule has 5 rings (SSSR count). The van der Waals surface area contributed by atoms with Gasteiger partial charge in [0.25, 0.3) is 5.56 Å². The summed E-state index contributed by atoms with van der Waals surface area (Å²) in [5, 5.41) is 0. The molecule has 2 heterocycles. The van der Waals surface area contributed by atoms with Crippen molar-refractivity contribution in [3.8, 4) is 0 Å². The van der Waals surface area contributed by atoms with Gasteiger partial charge in [0.2, 0.25) is 0 Å². The highest BCUT2D eigenvalue weighted by atomic mass is 79.9. The van der Waals surface area contributed by atoms with E-state index in [1.54, 1.807) is 4.57 Å². The van der Waals surface area contributed by atoms with Crippen molar-refractivity contribution in [2.75, 3.05) is 19.0 Å². The highest BCUT2D eigenvalue weighted by Gasteiger charge is 2.22. The van der Waals surface area contributed by atoms with Crippen LogP contribution in [0.1, 0.15) is 22.7 Å². The Balaban J connectivity index is 1.67. The minimum atomic E-state index is -0.220. The lowest BCUT2D eigenvalue weighted by Gasteiger charge is -2.19. The molecule has 0 saturated heterocycles. The van der Waals surface area contributed by atoms with Crippen LogP contribution in [0.3, 0.4) is 0 Å². The number of benzene rings is 3. The second kappa shape index (κ2) is 8.96. The van der Waals surface area contributed by atoms with Crippen molar-refractivity contribution in [1.82, 2.24) is 4.57 Å². The first-order valence-electron chi connectivity index (χ1n) is 10.6. The molecule has 0 N–H and O–H groups in total. The highest BCUT2D eigenvalue weighted by Crippen LogP contribution is 2.27. The molecule has 4 nitrogen and oxygen atoms in total. The molecule has 1 atom stereocenters. The highest BCUT2D eigenvalue weighted by molar-refractivity contribution is 9.10. The third kappa shape index (κ3) is 4.36. The Labute approximate surface area is 204 Å². The van der Waals surface area contributed by atoms with Gasteiger partial charge in [-0.2, -0.15) is 0 Å². The van der Waals surface area contributed by atoms with Crippen molar-refractivity contribution >= 4 is 44.7 Å². The number of fused-ring (bicyclic) bond motifs is 1. The molecule has 0 amide bonds. The predicted molar refractivity (Wildman–Crippen MR) is 140 cm³/mol. The zero-order valence-electron chi connectivity index (χ0n) is 18.3. The monoisotopic (exact) mass is 515 g/mol. The van der Waals surface area contributed by atoms with Crippen molar-refractivity contribution in [1.29, 1.82) is 0 Å². The molecule has 1 aromatic heterocycles. The maximum Gasteiger partial charge on any atom is 0.271 e. The van der Waals surface area contributed by atoms with Gasteiger partial charge in [-0.3, -0.25) is 9.36 Å². The third-order valence-corrected chi connectivity index (χ3v) is 7.15. The molecule has 4 aromatic rings. The van der Waals surface area contributed by atoms with Gasteiger partial charge < -0.3 is 4.90 Å². The summed E-state index contributed by atoms with van der Waals surface area (Å²) < 4.78 is 3.49. The quantitative estimate of drug-likeness (QED) is 0.390. The van der Waals surface area contributed by atoms with Gasteiger partial charge in [-0.15, -0.1) is 0 Å². The minimum absolute atomic E-state index is 0.0216. The topological polar surface area (TPSA) is 37.6 Å².